The van der Waals surface area contributed by atoms with Crippen LogP contribution in [0, 0.1) is 0 Å². The van der Waals surface area contributed by atoms with E-state index in [9.17, 15) is 0 Å². The van der Waals surface area contributed by atoms with Crippen LogP contribution >= 0.6 is 0 Å². The second-order valence-electron chi connectivity index (χ2n) is 6.17. The van der Waals surface area contributed by atoms with Crippen LogP contribution in [0.5, 0.6) is 0 Å². The zero-order chi connectivity index (χ0) is 13.2. The van der Waals surface area contributed by atoms with Crippen LogP contribution < -0.4 is 0 Å². The number of hydrogen-bond acceptors (Lipinski definition) is 3. The summed E-state index contributed by atoms with van der Waals surface area (Å²) in [7, 11) is 4.42. The molecule has 104 valence electrons. The van der Waals surface area contributed by atoms with Gasteiger partial charge >= 0.3 is 0 Å². The molecule has 1 saturated heterocycles. The molecule has 2 aliphatic heterocycles. The molecular weight excluding hydrogens is 234 g/mol. The maximum Gasteiger partial charge on any atom is 0.0234 e. The highest BCUT2D eigenvalue weighted by Gasteiger charge is 2.16. The monoisotopic (exact) mass is 259 g/mol. The number of fused-ring (bicyclic) bond motifs is 1. The maximum absolute atomic E-state index is 2.58. The summed E-state index contributed by atoms with van der Waals surface area (Å²) in [5.74, 6) is 0. The third-order valence-electron chi connectivity index (χ3n) is 4.48. The lowest BCUT2D eigenvalue weighted by Gasteiger charge is -2.32. The third kappa shape index (κ3) is 3.16. The first-order chi connectivity index (χ1) is 9.20. The Morgan fingerprint density at radius 3 is 2.47 bits per heavy atom. The molecule has 0 N–H and O–H groups in total. The fourth-order valence-electron chi connectivity index (χ4n) is 3.11. The van der Waals surface area contributed by atoms with Crippen LogP contribution in [-0.2, 0) is 19.5 Å². The minimum absolute atomic E-state index is 1.12. The van der Waals surface area contributed by atoms with Crippen molar-refractivity contribution in [2.24, 2.45) is 0 Å². The Morgan fingerprint density at radius 2 is 1.68 bits per heavy atom. The molecule has 0 amide bonds. The molecule has 0 unspecified atom stereocenters. The summed E-state index contributed by atoms with van der Waals surface area (Å²) in [5.41, 5.74) is 4.59. The lowest BCUT2D eigenvalue weighted by Crippen LogP contribution is -2.43. The van der Waals surface area contributed by atoms with Gasteiger partial charge in [0.15, 0.2) is 0 Å². The second kappa shape index (κ2) is 5.61. The molecule has 3 nitrogen and oxygen atoms in total. The van der Waals surface area contributed by atoms with Crippen molar-refractivity contribution in [2.45, 2.75) is 19.5 Å². The number of nitrogens with zero attached hydrogens (tertiary/aromatic N) is 3. The molecule has 19 heavy (non-hydrogen) atoms. The predicted octanol–water partition coefficient (Wildman–Crippen LogP) is 1.42. The van der Waals surface area contributed by atoms with Gasteiger partial charge < -0.3 is 9.80 Å². The largest absolute Gasteiger partial charge is 0.304 e. The third-order valence-corrected chi connectivity index (χ3v) is 4.48. The van der Waals surface area contributed by atoms with Crippen molar-refractivity contribution in [3.63, 3.8) is 0 Å². The Labute approximate surface area is 116 Å². The van der Waals surface area contributed by atoms with Gasteiger partial charge in [-0.05, 0) is 37.2 Å². The van der Waals surface area contributed by atoms with E-state index in [2.05, 4.69) is 47.0 Å². The van der Waals surface area contributed by atoms with Crippen LogP contribution in [-0.4, -0.2) is 61.5 Å². The van der Waals surface area contributed by atoms with Crippen LogP contribution in [0.1, 0.15) is 16.7 Å². The fraction of sp³-hybridized carbons (Fsp3) is 0.625. The van der Waals surface area contributed by atoms with Crippen LogP contribution in [0.25, 0.3) is 0 Å². The van der Waals surface area contributed by atoms with Gasteiger partial charge in [-0.3, -0.25) is 4.90 Å². The standard InChI is InChI=1S/C16H25N3/c1-17-7-9-19(10-8-17)12-14-3-4-16-13-18(2)6-5-15(16)11-14/h3-4,11H,5-10,12-13H2,1-2H3. The molecule has 0 aliphatic carbocycles. The van der Waals surface area contributed by atoms with Crippen LogP contribution in [0.4, 0.5) is 0 Å². The molecule has 3 rings (SSSR count). The molecule has 0 bridgehead atoms. The zero-order valence-electron chi connectivity index (χ0n) is 12.2. The summed E-state index contributed by atoms with van der Waals surface area (Å²) in [5, 5.41) is 0. The Hall–Kier alpha value is -0.900. The van der Waals surface area contributed by atoms with Gasteiger partial charge in [0.1, 0.15) is 0 Å². The maximum atomic E-state index is 2.58. The first-order valence-electron chi connectivity index (χ1n) is 7.41. The average molecular weight is 259 g/mol. The zero-order valence-corrected chi connectivity index (χ0v) is 12.2. The molecular formula is C16H25N3. The Bertz CT molecular complexity index is 436. The minimum atomic E-state index is 1.12. The highest BCUT2D eigenvalue weighted by molar-refractivity contribution is 5.33. The first kappa shape index (κ1) is 13.1. The van der Waals surface area contributed by atoms with Crippen molar-refractivity contribution >= 4 is 0 Å². The van der Waals surface area contributed by atoms with E-state index in [4.69, 9.17) is 0 Å². The molecule has 3 heteroatoms. The molecule has 1 fully saturated rings. The van der Waals surface area contributed by atoms with Crippen molar-refractivity contribution in [3.8, 4) is 0 Å². The van der Waals surface area contributed by atoms with Gasteiger partial charge in [-0.2, -0.15) is 0 Å². The van der Waals surface area contributed by atoms with Gasteiger partial charge in [-0.25, -0.2) is 0 Å². The lowest BCUT2D eigenvalue weighted by atomic mass is 9.97. The molecule has 1 aromatic rings. The van der Waals surface area contributed by atoms with E-state index in [0.29, 0.717) is 0 Å². The average Bonchev–Trinajstić information content (AvgIpc) is 2.42. The van der Waals surface area contributed by atoms with Crippen molar-refractivity contribution in [3.05, 3.63) is 34.9 Å². The normalized spacial score (nSPS) is 22.4. The number of likely N-dealkylation sites (N-methyl/N-ethyl adjacent to an activating group) is 2. The molecule has 0 spiro atoms. The van der Waals surface area contributed by atoms with Gasteiger partial charge in [0.25, 0.3) is 0 Å². The number of hydrogen-bond donors (Lipinski definition) is 0. The molecule has 0 radical (unpaired) electrons. The van der Waals surface area contributed by atoms with E-state index < -0.39 is 0 Å². The van der Waals surface area contributed by atoms with E-state index in [0.717, 1.165) is 13.1 Å². The van der Waals surface area contributed by atoms with Crippen molar-refractivity contribution in [2.75, 3.05) is 46.8 Å². The van der Waals surface area contributed by atoms with E-state index in [1.54, 1.807) is 5.56 Å². The van der Waals surface area contributed by atoms with Gasteiger partial charge in [0.05, 0.1) is 0 Å². The van der Waals surface area contributed by atoms with Crippen LogP contribution in [0.2, 0.25) is 0 Å². The molecule has 1 aromatic carbocycles. The highest BCUT2D eigenvalue weighted by atomic mass is 15.2. The highest BCUT2D eigenvalue weighted by Crippen LogP contribution is 2.20. The fourth-order valence-corrected chi connectivity index (χ4v) is 3.11. The second-order valence-corrected chi connectivity index (χ2v) is 6.17. The van der Waals surface area contributed by atoms with Gasteiger partial charge in [0, 0.05) is 45.8 Å². The van der Waals surface area contributed by atoms with Crippen LogP contribution in [0.3, 0.4) is 0 Å². The van der Waals surface area contributed by atoms with Crippen LogP contribution in [0.15, 0.2) is 18.2 Å². The Kier molecular flexibility index (Phi) is 3.87. The summed E-state index contributed by atoms with van der Waals surface area (Å²) in [4.78, 5) is 7.40. The summed E-state index contributed by atoms with van der Waals surface area (Å²) < 4.78 is 0. The molecule has 0 atom stereocenters. The topological polar surface area (TPSA) is 9.72 Å². The number of rotatable bonds is 2. The minimum Gasteiger partial charge on any atom is -0.304 e. The summed E-state index contributed by atoms with van der Waals surface area (Å²) in [6, 6.07) is 7.12. The SMILES string of the molecule is CN1CCN(Cc2ccc3c(c2)CCN(C)C3)CC1. The summed E-state index contributed by atoms with van der Waals surface area (Å²) in [6.07, 6.45) is 1.21. The number of piperazine rings is 1. The van der Waals surface area contributed by atoms with Gasteiger partial charge in [-0.1, -0.05) is 18.2 Å². The van der Waals surface area contributed by atoms with E-state index in [1.807, 2.05) is 0 Å². The molecule has 2 heterocycles. The Balaban J connectivity index is 1.66. The van der Waals surface area contributed by atoms with E-state index in [-0.39, 0.29) is 0 Å². The van der Waals surface area contributed by atoms with Gasteiger partial charge in [-0.15, -0.1) is 0 Å². The van der Waals surface area contributed by atoms with Crippen molar-refractivity contribution < 1.29 is 0 Å². The predicted molar refractivity (Wildman–Crippen MR) is 79.3 cm³/mol. The molecule has 0 saturated carbocycles. The van der Waals surface area contributed by atoms with Crippen molar-refractivity contribution in [1.82, 2.24) is 14.7 Å². The smallest absolute Gasteiger partial charge is 0.0234 e. The molecule has 0 aromatic heterocycles. The lowest BCUT2D eigenvalue weighted by molar-refractivity contribution is 0.148. The molecule has 2 aliphatic rings. The first-order valence-corrected chi connectivity index (χ1v) is 7.41. The summed E-state index contributed by atoms with van der Waals surface area (Å²) >= 11 is 0. The van der Waals surface area contributed by atoms with E-state index >= 15 is 0 Å². The van der Waals surface area contributed by atoms with Crippen molar-refractivity contribution in [1.29, 1.82) is 0 Å². The van der Waals surface area contributed by atoms with Gasteiger partial charge in [0.2, 0.25) is 0 Å². The summed E-state index contributed by atoms with van der Waals surface area (Å²) in [6.45, 7) is 8.25. The quantitative estimate of drug-likeness (QED) is 0.795. The van der Waals surface area contributed by atoms with E-state index in [1.165, 1.54) is 50.3 Å². The number of benzene rings is 1. The Morgan fingerprint density at radius 1 is 0.895 bits per heavy atom.